The zero-order valence-electron chi connectivity index (χ0n) is 22.0. The van der Waals surface area contributed by atoms with Crippen LogP contribution < -0.4 is 15.0 Å². The summed E-state index contributed by atoms with van der Waals surface area (Å²) in [6.07, 6.45) is 4.23. The highest BCUT2D eigenvalue weighted by Crippen LogP contribution is 2.34. The number of aromatic nitrogens is 6. The molecule has 0 saturated heterocycles. The molecule has 6 rings (SSSR count). The molecule has 1 atom stereocenters. The van der Waals surface area contributed by atoms with Gasteiger partial charge in [-0.1, -0.05) is 25.1 Å². The molecule has 0 spiro atoms. The number of hydrogen-bond acceptors (Lipinski definition) is 8. The van der Waals surface area contributed by atoms with Crippen molar-refractivity contribution in [3.05, 3.63) is 106 Å². The maximum atomic E-state index is 13.5. The fraction of sp³-hybridized carbons (Fsp3) is 0.276. The summed E-state index contributed by atoms with van der Waals surface area (Å²) in [6, 6.07) is 15.6. The molecule has 0 fully saturated rings. The number of hydrogen-bond donors (Lipinski definition) is 1. The van der Waals surface area contributed by atoms with E-state index in [4.69, 9.17) is 9.47 Å². The second kappa shape index (κ2) is 11.2. The van der Waals surface area contributed by atoms with Crippen LogP contribution in [0.5, 0.6) is 11.5 Å². The van der Waals surface area contributed by atoms with Gasteiger partial charge in [0.05, 0.1) is 18.1 Å². The first-order valence-corrected chi connectivity index (χ1v) is 13.2. The maximum Gasteiger partial charge on any atom is 0.252 e. The lowest BCUT2D eigenvalue weighted by Crippen LogP contribution is -2.32. The van der Waals surface area contributed by atoms with E-state index in [0.717, 1.165) is 16.5 Å². The van der Waals surface area contributed by atoms with Crippen LogP contribution in [0.15, 0.2) is 71.8 Å². The molecule has 1 aliphatic heterocycles. The van der Waals surface area contributed by atoms with Gasteiger partial charge in [-0.15, -0.1) is 5.10 Å². The first kappa shape index (κ1) is 25.6. The third-order valence-corrected chi connectivity index (χ3v) is 7.00. The molecule has 1 aliphatic rings. The summed E-state index contributed by atoms with van der Waals surface area (Å²) in [6.45, 7) is 4.28. The normalized spacial score (nSPS) is 13.6. The molecule has 11 heteroatoms. The summed E-state index contributed by atoms with van der Waals surface area (Å²) in [5.74, 6) is 1.65. The fourth-order valence-corrected chi connectivity index (χ4v) is 5.06. The lowest BCUT2D eigenvalue weighted by Gasteiger charge is -2.30. The van der Waals surface area contributed by atoms with Gasteiger partial charge in [0.15, 0.2) is 17.3 Å². The summed E-state index contributed by atoms with van der Waals surface area (Å²) < 4.78 is 26.6. The van der Waals surface area contributed by atoms with E-state index in [2.05, 4.69) is 37.3 Å². The third-order valence-electron chi connectivity index (χ3n) is 7.00. The minimum atomic E-state index is -0.296. The van der Waals surface area contributed by atoms with Crippen molar-refractivity contribution in [2.24, 2.45) is 0 Å². The number of benzene rings is 2. The molecule has 1 N–H and O–H groups in total. The van der Waals surface area contributed by atoms with E-state index in [1.165, 1.54) is 12.1 Å². The first-order chi connectivity index (χ1) is 19.6. The number of nitrogens with zero attached hydrogens (tertiary/aromatic N) is 6. The van der Waals surface area contributed by atoms with Gasteiger partial charge in [-0.3, -0.25) is 14.7 Å². The van der Waals surface area contributed by atoms with Crippen molar-refractivity contribution >= 4 is 10.9 Å². The molecule has 0 unspecified atom stereocenters. The van der Waals surface area contributed by atoms with Crippen LogP contribution >= 0.6 is 0 Å². The summed E-state index contributed by atoms with van der Waals surface area (Å²) in [5, 5.41) is 13.4. The predicted octanol–water partition coefficient (Wildman–Crippen LogP) is 4.02. The second-order valence-corrected chi connectivity index (χ2v) is 9.72. The smallest absolute Gasteiger partial charge is 0.252 e. The Balaban J connectivity index is 1.35. The number of aromatic amines is 1. The van der Waals surface area contributed by atoms with Crippen molar-refractivity contribution in [2.75, 3.05) is 13.2 Å². The molecule has 0 bridgehead atoms. The molecule has 0 saturated carbocycles. The lowest BCUT2D eigenvalue weighted by atomic mass is 10.1. The van der Waals surface area contributed by atoms with Gasteiger partial charge in [-0.05, 0) is 58.3 Å². The highest BCUT2D eigenvalue weighted by atomic mass is 19.1. The van der Waals surface area contributed by atoms with Crippen LogP contribution in [-0.4, -0.2) is 48.3 Å². The first-order valence-electron chi connectivity index (χ1n) is 13.2. The van der Waals surface area contributed by atoms with Crippen molar-refractivity contribution < 1.29 is 13.9 Å². The Morgan fingerprint density at radius 1 is 1.05 bits per heavy atom. The molecule has 0 radical (unpaired) electrons. The number of tetrazole rings is 1. The van der Waals surface area contributed by atoms with Gasteiger partial charge in [0.1, 0.15) is 19.0 Å². The Kier molecular flexibility index (Phi) is 7.19. The average Bonchev–Trinajstić information content (AvgIpc) is 3.42. The number of ether oxygens (including phenoxy) is 2. The molecule has 40 heavy (non-hydrogen) atoms. The van der Waals surface area contributed by atoms with Crippen molar-refractivity contribution in [1.82, 2.24) is 35.1 Å². The highest BCUT2D eigenvalue weighted by Gasteiger charge is 2.26. The van der Waals surface area contributed by atoms with Gasteiger partial charge in [0, 0.05) is 42.5 Å². The number of H-pyrrole nitrogens is 1. The minimum Gasteiger partial charge on any atom is -0.486 e. The predicted molar refractivity (Wildman–Crippen MR) is 145 cm³/mol. The minimum absolute atomic E-state index is 0.180. The Labute approximate surface area is 229 Å². The highest BCUT2D eigenvalue weighted by molar-refractivity contribution is 5.83. The third kappa shape index (κ3) is 5.41. The van der Waals surface area contributed by atoms with E-state index in [-0.39, 0.29) is 17.4 Å². The van der Waals surface area contributed by atoms with E-state index in [0.29, 0.717) is 67.7 Å². The Morgan fingerprint density at radius 3 is 2.60 bits per heavy atom. The van der Waals surface area contributed by atoms with Crippen molar-refractivity contribution in [3.8, 4) is 11.5 Å². The van der Waals surface area contributed by atoms with Crippen LogP contribution in [0.1, 0.15) is 41.9 Å². The van der Waals surface area contributed by atoms with E-state index in [9.17, 15) is 9.18 Å². The van der Waals surface area contributed by atoms with Crippen molar-refractivity contribution in [2.45, 2.75) is 39.0 Å². The molecule has 204 valence electrons. The van der Waals surface area contributed by atoms with Crippen LogP contribution in [0.2, 0.25) is 0 Å². The molecule has 10 nitrogen and oxygen atoms in total. The largest absolute Gasteiger partial charge is 0.486 e. The van der Waals surface area contributed by atoms with Crippen LogP contribution in [0, 0.1) is 5.82 Å². The number of fused-ring (bicyclic) bond motifs is 2. The summed E-state index contributed by atoms with van der Waals surface area (Å²) in [5.41, 5.74) is 2.98. The molecule has 0 amide bonds. The van der Waals surface area contributed by atoms with Crippen molar-refractivity contribution in [1.29, 1.82) is 0 Å². The fourth-order valence-electron chi connectivity index (χ4n) is 5.06. The van der Waals surface area contributed by atoms with E-state index in [1.807, 2.05) is 30.5 Å². The molecule has 5 aromatic rings. The van der Waals surface area contributed by atoms with E-state index in [1.54, 1.807) is 29.1 Å². The SMILES string of the molecule is CC[C@H](c1nnnn1Cc1ccc(F)cc1)N(Cc1cccnc1)Cc1cc2cc3c(cc2[nH]c1=O)OCCO3. The number of rotatable bonds is 9. The van der Waals surface area contributed by atoms with Gasteiger partial charge in [0.2, 0.25) is 0 Å². The standard InChI is InChI=1S/C29H28FN7O3/c1-2-25(28-33-34-35-37(28)17-19-5-7-23(30)8-6-19)36(16-20-4-3-9-31-15-20)18-22-12-21-13-26-27(40-11-10-39-26)14-24(21)32-29(22)38/h3-9,12-15,25H,2,10-11,16-18H2,1H3,(H,32,38)/t25-/m1/s1. The summed E-state index contributed by atoms with van der Waals surface area (Å²) in [7, 11) is 0. The second-order valence-electron chi connectivity index (χ2n) is 9.72. The Hall–Kier alpha value is -4.64. The summed E-state index contributed by atoms with van der Waals surface area (Å²) in [4.78, 5) is 22.7. The quantitative estimate of drug-likeness (QED) is 0.298. The average molecular weight is 542 g/mol. The molecular formula is C29H28FN7O3. The molecule has 3 aromatic heterocycles. The van der Waals surface area contributed by atoms with Gasteiger partial charge in [-0.2, -0.15) is 0 Å². The number of nitrogens with one attached hydrogen (secondary N) is 1. The molecule has 0 aliphatic carbocycles. The number of pyridine rings is 2. The Morgan fingerprint density at radius 2 is 1.85 bits per heavy atom. The van der Waals surface area contributed by atoms with Gasteiger partial charge < -0.3 is 14.5 Å². The van der Waals surface area contributed by atoms with Crippen LogP contribution in [0.25, 0.3) is 10.9 Å². The topological polar surface area (TPSA) is 111 Å². The summed E-state index contributed by atoms with van der Waals surface area (Å²) >= 11 is 0. The zero-order chi connectivity index (χ0) is 27.5. The molecular weight excluding hydrogens is 513 g/mol. The maximum absolute atomic E-state index is 13.5. The molecule has 4 heterocycles. The van der Waals surface area contributed by atoms with Gasteiger partial charge >= 0.3 is 0 Å². The molecule has 2 aromatic carbocycles. The zero-order valence-corrected chi connectivity index (χ0v) is 22.0. The lowest BCUT2D eigenvalue weighted by molar-refractivity contribution is 0.161. The monoisotopic (exact) mass is 541 g/mol. The van der Waals surface area contributed by atoms with Crippen LogP contribution in [0.3, 0.4) is 0 Å². The number of halogens is 1. The van der Waals surface area contributed by atoms with Gasteiger partial charge in [0.25, 0.3) is 5.56 Å². The van der Waals surface area contributed by atoms with Crippen LogP contribution in [0.4, 0.5) is 4.39 Å². The van der Waals surface area contributed by atoms with Crippen LogP contribution in [-0.2, 0) is 19.6 Å². The van der Waals surface area contributed by atoms with E-state index >= 15 is 0 Å². The Bertz CT molecular complexity index is 1670. The van der Waals surface area contributed by atoms with E-state index < -0.39 is 0 Å². The van der Waals surface area contributed by atoms with Gasteiger partial charge in [-0.25, -0.2) is 9.07 Å². The van der Waals surface area contributed by atoms with Crippen molar-refractivity contribution in [3.63, 3.8) is 0 Å².